The van der Waals surface area contributed by atoms with E-state index in [4.69, 9.17) is 10.5 Å². The van der Waals surface area contributed by atoms with Crippen LogP contribution in [0.15, 0.2) is 60.1 Å². The number of nitrogens with one attached hydrogen (secondary N) is 3. The predicted octanol–water partition coefficient (Wildman–Crippen LogP) is 1.71. The van der Waals surface area contributed by atoms with Crippen molar-refractivity contribution in [1.29, 1.82) is 0 Å². The molecule has 1 saturated heterocycles. The van der Waals surface area contributed by atoms with E-state index in [0.29, 0.717) is 23.6 Å². The molecule has 11 nitrogen and oxygen atoms in total. The zero-order valence-corrected chi connectivity index (χ0v) is 21.9. The molecule has 1 aromatic carbocycles. The molecule has 38 heavy (non-hydrogen) atoms. The van der Waals surface area contributed by atoms with Crippen LogP contribution in [-0.2, 0) is 23.1 Å². The fourth-order valence-electron chi connectivity index (χ4n) is 4.47. The molecule has 3 unspecified atom stereocenters. The van der Waals surface area contributed by atoms with Crippen LogP contribution < -0.4 is 26.4 Å². The van der Waals surface area contributed by atoms with Gasteiger partial charge in [-0.2, -0.15) is 0 Å². The maximum absolute atomic E-state index is 13.6. The van der Waals surface area contributed by atoms with E-state index in [1.54, 1.807) is 54.2 Å². The summed E-state index contributed by atoms with van der Waals surface area (Å²) in [5.41, 5.74) is 6.49. The number of amides is 5. The third kappa shape index (κ3) is 6.14. The van der Waals surface area contributed by atoms with Crippen LogP contribution in [0.4, 0.5) is 10.5 Å². The van der Waals surface area contributed by atoms with Crippen molar-refractivity contribution in [2.24, 2.45) is 12.8 Å². The number of aryl methyl sites for hydroxylation is 1. The minimum atomic E-state index is -1.06. The number of hydrogen-bond donors (Lipinski definition) is 4. The van der Waals surface area contributed by atoms with Crippen LogP contribution in [0.1, 0.15) is 21.8 Å². The molecule has 4 rings (SSSR count). The van der Waals surface area contributed by atoms with Crippen molar-refractivity contribution in [1.82, 2.24) is 20.1 Å². The second-order valence-corrected chi connectivity index (χ2v) is 9.95. The fourth-order valence-corrected chi connectivity index (χ4v) is 5.22. The molecular weight excluding hydrogens is 508 g/mol. The standard InChI is InChI=1S/C26H30N6O5S/c1-31-11-4-9-21(31)25(35)32-12-10-19(30-26(36)28-16-6-3-7-17(14-16)37-2)22(32)24(34)29-20(23(27)33)15-18-8-5-13-38-18/h3-9,11,13-14,19-20,22H,10,12,15H2,1-2H3,(H2,27,33)(H,29,34)(H2,28,30,36). The summed E-state index contributed by atoms with van der Waals surface area (Å²) in [6.45, 7) is 0.234. The lowest BCUT2D eigenvalue weighted by Gasteiger charge is -2.29. The van der Waals surface area contributed by atoms with E-state index < -0.39 is 36.0 Å². The molecule has 3 heterocycles. The number of primary amides is 1. The van der Waals surface area contributed by atoms with Gasteiger partial charge in [0.2, 0.25) is 11.8 Å². The number of hydrogen-bond acceptors (Lipinski definition) is 6. The smallest absolute Gasteiger partial charge is 0.319 e. The van der Waals surface area contributed by atoms with Gasteiger partial charge in [-0.25, -0.2) is 4.79 Å². The number of thiophene rings is 1. The summed E-state index contributed by atoms with van der Waals surface area (Å²) < 4.78 is 6.85. The lowest BCUT2D eigenvalue weighted by Crippen LogP contribution is -2.58. The van der Waals surface area contributed by atoms with E-state index in [1.807, 2.05) is 17.5 Å². The average Bonchev–Trinajstić information content (AvgIpc) is 3.64. The first-order valence-electron chi connectivity index (χ1n) is 12.0. The minimum absolute atomic E-state index is 0.228. The van der Waals surface area contributed by atoms with Crippen LogP contribution in [0.5, 0.6) is 5.75 Å². The largest absolute Gasteiger partial charge is 0.497 e. The maximum Gasteiger partial charge on any atom is 0.319 e. The number of urea groups is 1. The van der Waals surface area contributed by atoms with Gasteiger partial charge in [0.25, 0.3) is 5.91 Å². The van der Waals surface area contributed by atoms with Crippen molar-refractivity contribution in [3.05, 3.63) is 70.7 Å². The number of anilines is 1. The highest BCUT2D eigenvalue weighted by Crippen LogP contribution is 2.23. The Morgan fingerprint density at radius 3 is 2.63 bits per heavy atom. The fraction of sp³-hybridized carbons (Fsp3) is 0.308. The van der Waals surface area contributed by atoms with Gasteiger partial charge in [0.15, 0.2) is 0 Å². The van der Waals surface area contributed by atoms with E-state index in [-0.39, 0.29) is 18.9 Å². The Balaban J connectivity index is 1.54. The molecule has 1 aliphatic rings. The van der Waals surface area contributed by atoms with E-state index in [1.165, 1.54) is 23.3 Å². The second kappa shape index (κ2) is 11.8. The lowest BCUT2D eigenvalue weighted by atomic mass is 10.1. The van der Waals surface area contributed by atoms with Gasteiger partial charge in [0.1, 0.15) is 23.5 Å². The summed E-state index contributed by atoms with van der Waals surface area (Å²) in [4.78, 5) is 54.3. The third-order valence-corrected chi connectivity index (χ3v) is 7.28. The lowest BCUT2D eigenvalue weighted by molar-refractivity contribution is -0.130. The number of rotatable bonds is 9. The number of methoxy groups -OCH3 is 1. The molecule has 0 aliphatic carbocycles. The van der Waals surface area contributed by atoms with Crippen LogP contribution >= 0.6 is 11.3 Å². The monoisotopic (exact) mass is 538 g/mol. The highest BCUT2D eigenvalue weighted by molar-refractivity contribution is 7.09. The molecule has 0 bridgehead atoms. The molecule has 5 N–H and O–H groups in total. The summed E-state index contributed by atoms with van der Waals surface area (Å²) >= 11 is 1.45. The Kier molecular flexibility index (Phi) is 8.31. The zero-order valence-electron chi connectivity index (χ0n) is 21.0. The number of carbonyl (C=O) groups is 4. The highest BCUT2D eigenvalue weighted by atomic mass is 32.1. The maximum atomic E-state index is 13.6. The van der Waals surface area contributed by atoms with Gasteiger partial charge in [0, 0.05) is 42.8 Å². The van der Waals surface area contributed by atoms with Crippen molar-refractivity contribution in [2.75, 3.05) is 19.0 Å². The van der Waals surface area contributed by atoms with Gasteiger partial charge in [-0.05, 0) is 42.1 Å². The van der Waals surface area contributed by atoms with Gasteiger partial charge in [-0.15, -0.1) is 11.3 Å². The Morgan fingerprint density at radius 1 is 1.16 bits per heavy atom. The van der Waals surface area contributed by atoms with E-state index in [0.717, 1.165) is 4.88 Å². The van der Waals surface area contributed by atoms with E-state index >= 15 is 0 Å². The summed E-state index contributed by atoms with van der Waals surface area (Å²) in [5, 5.41) is 10.1. The van der Waals surface area contributed by atoms with E-state index in [2.05, 4.69) is 16.0 Å². The Hall–Kier alpha value is -4.32. The van der Waals surface area contributed by atoms with Gasteiger partial charge in [0.05, 0.1) is 13.2 Å². The summed E-state index contributed by atoms with van der Waals surface area (Å²) in [7, 11) is 3.26. The Morgan fingerprint density at radius 2 is 1.97 bits per heavy atom. The van der Waals surface area contributed by atoms with Gasteiger partial charge < -0.3 is 35.9 Å². The molecule has 200 valence electrons. The molecule has 3 aromatic rings. The predicted molar refractivity (Wildman–Crippen MR) is 143 cm³/mol. The first kappa shape index (κ1) is 26.7. The van der Waals surface area contributed by atoms with Crippen molar-refractivity contribution >= 4 is 40.8 Å². The van der Waals surface area contributed by atoms with Crippen molar-refractivity contribution < 1.29 is 23.9 Å². The topological polar surface area (TPSA) is 148 Å². The molecule has 0 radical (unpaired) electrons. The van der Waals surface area contributed by atoms with Crippen molar-refractivity contribution in [2.45, 2.75) is 31.0 Å². The summed E-state index contributed by atoms with van der Waals surface area (Å²) in [6.07, 6.45) is 2.30. The number of benzene rings is 1. The minimum Gasteiger partial charge on any atom is -0.497 e. The summed E-state index contributed by atoms with van der Waals surface area (Å²) in [5.74, 6) is -1.05. The number of nitrogens with two attached hydrogens (primary N) is 1. The molecule has 3 atom stereocenters. The average molecular weight is 539 g/mol. The van der Waals surface area contributed by atoms with Gasteiger partial charge in [-0.1, -0.05) is 12.1 Å². The molecule has 5 amide bonds. The molecule has 12 heteroatoms. The van der Waals surface area contributed by atoms with Crippen LogP contribution in [0.25, 0.3) is 0 Å². The van der Waals surface area contributed by atoms with Gasteiger partial charge in [-0.3, -0.25) is 14.4 Å². The Bertz CT molecular complexity index is 1310. The van der Waals surface area contributed by atoms with Crippen molar-refractivity contribution in [3.8, 4) is 5.75 Å². The molecule has 0 spiro atoms. The number of carbonyl (C=O) groups excluding carboxylic acids is 4. The van der Waals surface area contributed by atoms with Crippen molar-refractivity contribution in [3.63, 3.8) is 0 Å². The summed E-state index contributed by atoms with van der Waals surface area (Å²) in [6, 6.07) is 10.7. The number of ether oxygens (including phenoxy) is 1. The Labute approximate surface area is 223 Å². The van der Waals surface area contributed by atoms with E-state index in [9.17, 15) is 19.2 Å². The van der Waals surface area contributed by atoms with Crippen LogP contribution in [0.3, 0.4) is 0 Å². The quantitative estimate of drug-likeness (QED) is 0.327. The normalized spacial score (nSPS) is 17.5. The first-order chi connectivity index (χ1) is 18.3. The zero-order chi connectivity index (χ0) is 27.2. The third-order valence-electron chi connectivity index (χ3n) is 6.38. The molecule has 2 aromatic heterocycles. The number of aromatic nitrogens is 1. The van der Waals surface area contributed by atoms with Crippen LogP contribution in [-0.4, -0.2) is 65.0 Å². The first-order valence-corrected chi connectivity index (χ1v) is 12.9. The number of likely N-dealkylation sites (tertiary alicyclic amines) is 1. The molecular formula is C26H30N6O5S. The van der Waals surface area contributed by atoms with Crippen LogP contribution in [0.2, 0.25) is 0 Å². The molecule has 1 aliphatic heterocycles. The van der Waals surface area contributed by atoms with Gasteiger partial charge >= 0.3 is 6.03 Å². The van der Waals surface area contributed by atoms with Crippen LogP contribution in [0, 0.1) is 0 Å². The second-order valence-electron chi connectivity index (χ2n) is 8.92. The number of nitrogens with zero attached hydrogens (tertiary/aromatic N) is 2. The molecule has 1 fully saturated rings. The SMILES string of the molecule is COc1cccc(NC(=O)NC2CCN(C(=O)c3cccn3C)C2C(=O)NC(Cc2cccs2)C(N)=O)c1. The highest BCUT2D eigenvalue weighted by Gasteiger charge is 2.44. The molecule has 0 saturated carbocycles.